The number of hydrogen-bond acceptors (Lipinski definition) is 6. The van der Waals surface area contributed by atoms with Crippen LogP contribution in [0.15, 0.2) is 48.5 Å². The highest BCUT2D eigenvalue weighted by atomic mass is 16.2. The van der Waals surface area contributed by atoms with Crippen LogP contribution in [0.2, 0.25) is 0 Å². The highest BCUT2D eigenvalue weighted by Gasteiger charge is 2.44. The number of nitrogens with two attached hydrogens (primary N) is 1. The Morgan fingerprint density at radius 1 is 0.912 bits per heavy atom. The lowest BCUT2D eigenvalue weighted by Crippen LogP contribution is -2.54. The van der Waals surface area contributed by atoms with Crippen molar-refractivity contribution in [1.29, 1.82) is 0 Å². The number of rotatable bonds is 5. The first kappa shape index (κ1) is 22.3. The average molecular weight is 461 g/mol. The van der Waals surface area contributed by atoms with Crippen molar-refractivity contribution in [1.82, 2.24) is 10.2 Å². The second kappa shape index (κ2) is 9.02. The lowest BCUT2D eigenvalue weighted by Gasteiger charge is -2.37. The van der Waals surface area contributed by atoms with Gasteiger partial charge in [0.2, 0.25) is 11.8 Å². The minimum absolute atomic E-state index is 0.108. The molecule has 0 spiro atoms. The Morgan fingerprint density at radius 2 is 1.62 bits per heavy atom. The van der Waals surface area contributed by atoms with Crippen LogP contribution in [0.25, 0.3) is 0 Å². The largest absolute Gasteiger partial charge is 0.371 e. The average Bonchev–Trinajstić information content (AvgIpc) is 3.10. The lowest BCUT2D eigenvalue weighted by atomic mass is 9.80. The molecule has 8 heteroatoms. The van der Waals surface area contributed by atoms with E-state index in [2.05, 4.69) is 22.3 Å². The summed E-state index contributed by atoms with van der Waals surface area (Å²) in [7, 11) is 0. The maximum Gasteiger partial charge on any atom is 0.262 e. The summed E-state index contributed by atoms with van der Waals surface area (Å²) >= 11 is 0. The smallest absolute Gasteiger partial charge is 0.262 e. The molecule has 0 radical (unpaired) electrons. The summed E-state index contributed by atoms with van der Waals surface area (Å²) in [4.78, 5) is 53.0. The van der Waals surface area contributed by atoms with E-state index in [0.29, 0.717) is 29.5 Å². The maximum atomic E-state index is 13.1. The number of benzene rings is 2. The van der Waals surface area contributed by atoms with Gasteiger partial charge in [0.05, 0.1) is 11.1 Å². The third-order valence-corrected chi connectivity index (χ3v) is 7.38. The van der Waals surface area contributed by atoms with Crippen molar-refractivity contribution in [2.75, 3.05) is 24.5 Å². The Morgan fingerprint density at radius 3 is 2.29 bits per heavy atom. The minimum Gasteiger partial charge on any atom is -0.371 e. The number of carbonyl (C=O) groups excluding carboxylic acids is 4. The number of anilines is 1. The van der Waals surface area contributed by atoms with Crippen LogP contribution in [-0.4, -0.2) is 54.2 Å². The summed E-state index contributed by atoms with van der Waals surface area (Å²) in [5, 5.41) is 2.23. The van der Waals surface area contributed by atoms with Crippen molar-refractivity contribution in [2.24, 2.45) is 11.7 Å². The van der Waals surface area contributed by atoms with Crippen molar-refractivity contribution < 1.29 is 19.2 Å². The van der Waals surface area contributed by atoms with Gasteiger partial charge in [-0.05, 0) is 61.4 Å². The normalized spacial score (nSPS) is 22.1. The maximum absolute atomic E-state index is 13.1. The van der Waals surface area contributed by atoms with Gasteiger partial charge in [-0.3, -0.25) is 29.4 Å². The molecule has 3 aliphatic rings. The van der Waals surface area contributed by atoms with Crippen molar-refractivity contribution in [2.45, 2.75) is 37.6 Å². The molecule has 2 saturated heterocycles. The van der Waals surface area contributed by atoms with Crippen LogP contribution >= 0.6 is 0 Å². The number of imide groups is 2. The van der Waals surface area contributed by atoms with Gasteiger partial charge in [0.15, 0.2) is 0 Å². The second-order valence-electron chi connectivity index (χ2n) is 9.25. The number of nitrogens with one attached hydrogen (secondary N) is 1. The number of hydrogen-bond donors (Lipinski definition) is 2. The quantitative estimate of drug-likeness (QED) is 0.661. The summed E-state index contributed by atoms with van der Waals surface area (Å²) in [5.41, 5.74) is 8.92. The Bertz CT molecular complexity index is 1140. The number of amides is 4. The number of piperidine rings is 2. The fourth-order valence-corrected chi connectivity index (χ4v) is 5.52. The molecule has 0 bridgehead atoms. The van der Waals surface area contributed by atoms with Crippen molar-refractivity contribution in [3.05, 3.63) is 65.2 Å². The Labute approximate surface area is 198 Å². The molecule has 0 saturated carbocycles. The first-order valence-corrected chi connectivity index (χ1v) is 11.8. The van der Waals surface area contributed by atoms with E-state index in [0.717, 1.165) is 36.5 Å². The predicted molar refractivity (Wildman–Crippen MR) is 126 cm³/mol. The van der Waals surface area contributed by atoms with Gasteiger partial charge in [-0.15, -0.1) is 0 Å². The van der Waals surface area contributed by atoms with Crippen LogP contribution in [0.4, 0.5) is 5.69 Å². The fourth-order valence-electron chi connectivity index (χ4n) is 5.52. The predicted octanol–water partition coefficient (Wildman–Crippen LogP) is 2.05. The van der Waals surface area contributed by atoms with Gasteiger partial charge in [0.1, 0.15) is 6.04 Å². The molecule has 176 valence electrons. The van der Waals surface area contributed by atoms with Crippen LogP contribution in [0, 0.1) is 5.92 Å². The molecule has 0 aliphatic carbocycles. The molecule has 2 aromatic rings. The van der Waals surface area contributed by atoms with Gasteiger partial charge < -0.3 is 10.6 Å². The molecule has 2 atom stereocenters. The van der Waals surface area contributed by atoms with Crippen molar-refractivity contribution in [3.8, 4) is 0 Å². The zero-order valence-electron chi connectivity index (χ0n) is 18.9. The summed E-state index contributed by atoms with van der Waals surface area (Å²) in [5.74, 6) is -1.12. The summed E-state index contributed by atoms with van der Waals surface area (Å²) in [6, 6.07) is 14.8. The van der Waals surface area contributed by atoms with Gasteiger partial charge >= 0.3 is 0 Å². The third kappa shape index (κ3) is 3.88. The molecule has 34 heavy (non-hydrogen) atoms. The second-order valence-corrected chi connectivity index (χ2v) is 9.25. The van der Waals surface area contributed by atoms with E-state index in [1.54, 1.807) is 12.1 Å². The number of carbonyl (C=O) groups is 4. The minimum atomic E-state index is -0.949. The summed E-state index contributed by atoms with van der Waals surface area (Å²) < 4.78 is 0. The molecule has 3 N–H and O–H groups in total. The van der Waals surface area contributed by atoms with E-state index in [4.69, 9.17) is 5.73 Å². The number of nitrogens with zero attached hydrogens (tertiary/aromatic N) is 2. The topological polar surface area (TPSA) is 113 Å². The van der Waals surface area contributed by atoms with E-state index in [-0.39, 0.29) is 18.7 Å². The molecule has 3 heterocycles. The summed E-state index contributed by atoms with van der Waals surface area (Å²) in [6.07, 6.45) is 2.24. The van der Waals surface area contributed by atoms with E-state index in [9.17, 15) is 19.2 Å². The highest BCUT2D eigenvalue weighted by Crippen LogP contribution is 2.35. The molecular formula is C26H28N4O4. The molecule has 5 rings (SSSR count). The first-order valence-electron chi connectivity index (χ1n) is 11.8. The van der Waals surface area contributed by atoms with E-state index in [1.807, 2.05) is 24.3 Å². The molecule has 2 fully saturated rings. The molecule has 2 unspecified atom stereocenters. The zero-order chi connectivity index (χ0) is 23.8. The SMILES string of the molecule is NCC(c1ccccc1)C1CCN(c2ccc3c(c2)C(=O)N(C2CCC(=O)NC2=O)C3=O)CC1. The monoisotopic (exact) mass is 460 g/mol. The van der Waals surface area contributed by atoms with Crippen LogP contribution in [0.5, 0.6) is 0 Å². The Hall–Kier alpha value is -3.52. The van der Waals surface area contributed by atoms with Crippen LogP contribution in [-0.2, 0) is 9.59 Å². The van der Waals surface area contributed by atoms with Crippen LogP contribution in [0.1, 0.15) is 57.9 Å². The molecule has 0 aromatic heterocycles. The zero-order valence-corrected chi connectivity index (χ0v) is 18.9. The van der Waals surface area contributed by atoms with Crippen molar-refractivity contribution >= 4 is 29.3 Å². The Balaban J connectivity index is 1.30. The molecular weight excluding hydrogens is 432 g/mol. The van der Waals surface area contributed by atoms with Crippen molar-refractivity contribution in [3.63, 3.8) is 0 Å². The molecule has 3 aliphatic heterocycles. The van der Waals surface area contributed by atoms with Crippen LogP contribution < -0.4 is 16.0 Å². The third-order valence-electron chi connectivity index (χ3n) is 7.38. The van der Waals surface area contributed by atoms with E-state index < -0.39 is 23.8 Å². The highest BCUT2D eigenvalue weighted by molar-refractivity contribution is 6.23. The Kier molecular flexibility index (Phi) is 5.91. The van der Waals surface area contributed by atoms with Gasteiger partial charge in [-0.25, -0.2) is 0 Å². The molecule has 2 aromatic carbocycles. The van der Waals surface area contributed by atoms with E-state index >= 15 is 0 Å². The fraction of sp³-hybridized carbons (Fsp3) is 0.385. The van der Waals surface area contributed by atoms with Gasteiger partial charge in [-0.1, -0.05) is 30.3 Å². The lowest BCUT2D eigenvalue weighted by molar-refractivity contribution is -0.136. The van der Waals surface area contributed by atoms with Gasteiger partial charge in [-0.2, -0.15) is 0 Å². The molecule has 4 amide bonds. The first-order chi connectivity index (χ1) is 16.5. The number of fused-ring (bicyclic) bond motifs is 1. The van der Waals surface area contributed by atoms with Gasteiger partial charge in [0, 0.05) is 25.2 Å². The molecule has 8 nitrogen and oxygen atoms in total. The summed E-state index contributed by atoms with van der Waals surface area (Å²) in [6.45, 7) is 2.29. The van der Waals surface area contributed by atoms with Crippen LogP contribution in [0.3, 0.4) is 0 Å². The van der Waals surface area contributed by atoms with E-state index in [1.165, 1.54) is 5.56 Å². The standard InChI is InChI=1S/C26H28N4O4/c27-15-21(16-4-2-1-3-5-16)17-10-12-29(13-11-17)18-6-7-19-20(14-18)26(34)30(25(19)33)22-8-9-23(31)28-24(22)32/h1-7,14,17,21-22H,8-13,15,27H2,(H,28,31,32). The van der Waals surface area contributed by atoms with Gasteiger partial charge in [0.25, 0.3) is 11.8 Å².